The normalized spacial score (nSPS) is 15.1. The summed E-state index contributed by atoms with van der Waals surface area (Å²) in [6, 6.07) is 0. The Morgan fingerprint density at radius 2 is 1.55 bits per heavy atom. The predicted octanol–water partition coefficient (Wildman–Crippen LogP) is -0.475. The molecule has 1 saturated heterocycles. The molecular weight excluding hydrogens is 284 g/mol. The number of piperazine rings is 1. The molecule has 0 aromatic rings. The van der Waals surface area contributed by atoms with E-state index in [1.54, 1.807) is 4.90 Å². The van der Waals surface area contributed by atoms with Gasteiger partial charge >= 0.3 is 11.8 Å². The molecule has 1 aliphatic rings. The third-order valence-electron chi connectivity index (χ3n) is 4.04. The molecule has 0 aromatic heterocycles. The van der Waals surface area contributed by atoms with Gasteiger partial charge in [0.15, 0.2) is 0 Å². The average Bonchev–Trinajstić information content (AvgIpc) is 2.54. The van der Waals surface area contributed by atoms with Gasteiger partial charge in [-0.25, -0.2) is 0 Å². The fourth-order valence-corrected chi connectivity index (χ4v) is 2.49. The zero-order valence-corrected chi connectivity index (χ0v) is 13.9. The Morgan fingerprint density at radius 1 is 1.00 bits per heavy atom. The quantitative estimate of drug-likeness (QED) is 0.531. The number of hydrogen-bond acceptors (Lipinski definition) is 4. The molecule has 1 N–H and O–H groups in total. The molecule has 0 radical (unpaired) electrons. The van der Waals surface area contributed by atoms with Crippen LogP contribution in [0.5, 0.6) is 0 Å². The van der Waals surface area contributed by atoms with Crippen LogP contribution in [0, 0.1) is 0 Å². The van der Waals surface area contributed by atoms with Gasteiger partial charge in [0.25, 0.3) is 0 Å². The van der Waals surface area contributed by atoms with Gasteiger partial charge in [0, 0.05) is 39.6 Å². The molecule has 0 unspecified atom stereocenters. The molecule has 3 amide bonds. The zero-order chi connectivity index (χ0) is 16.5. The molecule has 1 aliphatic heterocycles. The second kappa shape index (κ2) is 9.40. The lowest BCUT2D eigenvalue weighted by atomic mass is 10.3. The number of rotatable bonds is 6. The molecule has 0 saturated carbocycles. The van der Waals surface area contributed by atoms with Crippen molar-refractivity contribution >= 4 is 17.7 Å². The third-order valence-corrected chi connectivity index (χ3v) is 4.04. The van der Waals surface area contributed by atoms with E-state index in [-0.39, 0.29) is 5.91 Å². The van der Waals surface area contributed by atoms with Crippen LogP contribution in [-0.2, 0) is 14.4 Å². The van der Waals surface area contributed by atoms with Crippen LogP contribution in [0.2, 0.25) is 0 Å². The summed E-state index contributed by atoms with van der Waals surface area (Å²) < 4.78 is 0. The highest BCUT2D eigenvalue weighted by Gasteiger charge is 2.26. The summed E-state index contributed by atoms with van der Waals surface area (Å²) in [4.78, 5) is 40.6. The lowest BCUT2D eigenvalue weighted by molar-refractivity contribution is -0.148. The molecule has 0 aliphatic carbocycles. The maximum absolute atomic E-state index is 12.0. The van der Waals surface area contributed by atoms with E-state index in [1.165, 1.54) is 11.8 Å². The van der Waals surface area contributed by atoms with Crippen molar-refractivity contribution < 1.29 is 14.4 Å². The molecular formula is C15H28N4O3. The number of amides is 3. The van der Waals surface area contributed by atoms with Gasteiger partial charge in [0.05, 0.1) is 0 Å². The van der Waals surface area contributed by atoms with E-state index >= 15 is 0 Å². The molecule has 0 spiro atoms. The van der Waals surface area contributed by atoms with E-state index in [4.69, 9.17) is 0 Å². The lowest BCUT2D eigenvalue weighted by Crippen LogP contribution is -2.53. The summed E-state index contributed by atoms with van der Waals surface area (Å²) in [6.45, 7) is 11.0. The Balaban J connectivity index is 2.25. The Morgan fingerprint density at radius 3 is 2.05 bits per heavy atom. The van der Waals surface area contributed by atoms with Gasteiger partial charge < -0.3 is 20.0 Å². The van der Waals surface area contributed by atoms with Crippen LogP contribution in [0.1, 0.15) is 27.2 Å². The molecule has 7 heteroatoms. The Labute approximate surface area is 132 Å². The van der Waals surface area contributed by atoms with E-state index in [0.717, 1.165) is 26.1 Å². The maximum atomic E-state index is 12.0. The van der Waals surface area contributed by atoms with E-state index in [1.807, 2.05) is 0 Å². The Hall–Kier alpha value is -1.63. The first-order chi connectivity index (χ1) is 10.5. The van der Waals surface area contributed by atoms with Crippen molar-refractivity contribution in [3.63, 3.8) is 0 Å². The van der Waals surface area contributed by atoms with E-state index in [2.05, 4.69) is 24.1 Å². The first kappa shape index (κ1) is 18.4. The van der Waals surface area contributed by atoms with Gasteiger partial charge in [-0.2, -0.15) is 0 Å². The van der Waals surface area contributed by atoms with Gasteiger partial charge in [0.1, 0.15) is 0 Å². The van der Waals surface area contributed by atoms with Crippen molar-refractivity contribution in [3.05, 3.63) is 0 Å². The van der Waals surface area contributed by atoms with Gasteiger partial charge in [-0.05, 0) is 26.1 Å². The van der Waals surface area contributed by atoms with Crippen LogP contribution in [-0.4, -0.2) is 84.8 Å². The van der Waals surface area contributed by atoms with Crippen molar-refractivity contribution in [3.8, 4) is 0 Å². The Bertz CT molecular complexity index is 388. The summed E-state index contributed by atoms with van der Waals surface area (Å²) in [5.41, 5.74) is 0. The highest BCUT2D eigenvalue weighted by Crippen LogP contribution is 2.02. The number of carbonyl (C=O) groups excluding carboxylic acids is 3. The highest BCUT2D eigenvalue weighted by molar-refractivity contribution is 6.35. The van der Waals surface area contributed by atoms with E-state index in [0.29, 0.717) is 32.7 Å². The Kier molecular flexibility index (Phi) is 7.87. The molecule has 126 valence electrons. The molecule has 1 fully saturated rings. The molecule has 0 atom stereocenters. The van der Waals surface area contributed by atoms with E-state index in [9.17, 15) is 14.4 Å². The third kappa shape index (κ3) is 5.63. The SMILES string of the molecule is CCN(CC)CCCNC(=O)C(=O)N1CCN(C(C)=O)CC1. The van der Waals surface area contributed by atoms with Crippen molar-refractivity contribution in [2.45, 2.75) is 27.2 Å². The van der Waals surface area contributed by atoms with Crippen LogP contribution >= 0.6 is 0 Å². The highest BCUT2D eigenvalue weighted by atomic mass is 16.2. The monoisotopic (exact) mass is 312 g/mol. The summed E-state index contributed by atoms with van der Waals surface area (Å²) in [7, 11) is 0. The van der Waals surface area contributed by atoms with Crippen molar-refractivity contribution in [2.75, 3.05) is 52.4 Å². The topological polar surface area (TPSA) is 73.0 Å². The molecule has 22 heavy (non-hydrogen) atoms. The first-order valence-corrected chi connectivity index (χ1v) is 8.04. The molecule has 1 rings (SSSR count). The minimum Gasteiger partial charge on any atom is -0.348 e. The van der Waals surface area contributed by atoms with Crippen molar-refractivity contribution in [1.29, 1.82) is 0 Å². The second-order valence-corrected chi connectivity index (χ2v) is 5.43. The minimum absolute atomic E-state index is 0.00736. The molecule has 7 nitrogen and oxygen atoms in total. The fourth-order valence-electron chi connectivity index (χ4n) is 2.49. The van der Waals surface area contributed by atoms with Crippen LogP contribution in [0.25, 0.3) is 0 Å². The summed E-state index contributed by atoms with van der Waals surface area (Å²) in [6.07, 6.45) is 0.832. The largest absolute Gasteiger partial charge is 0.348 e. The number of nitrogens with zero attached hydrogens (tertiary/aromatic N) is 3. The zero-order valence-electron chi connectivity index (χ0n) is 13.9. The van der Waals surface area contributed by atoms with Crippen LogP contribution < -0.4 is 5.32 Å². The molecule has 0 bridgehead atoms. The standard InChI is InChI=1S/C15H28N4O3/c1-4-17(5-2)8-6-7-16-14(21)15(22)19-11-9-18(10-12-19)13(3)20/h4-12H2,1-3H3,(H,16,21). The maximum Gasteiger partial charge on any atom is 0.312 e. The lowest BCUT2D eigenvalue weighted by Gasteiger charge is -2.33. The summed E-state index contributed by atoms with van der Waals surface area (Å²) in [5, 5.41) is 2.68. The number of nitrogens with one attached hydrogen (secondary N) is 1. The van der Waals surface area contributed by atoms with Crippen molar-refractivity contribution in [1.82, 2.24) is 20.0 Å². The average molecular weight is 312 g/mol. The number of hydrogen-bond donors (Lipinski definition) is 1. The smallest absolute Gasteiger partial charge is 0.312 e. The summed E-state index contributed by atoms with van der Waals surface area (Å²) in [5.74, 6) is -1.03. The number of carbonyl (C=O) groups is 3. The predicted molar refractivity (Wildman–Crippen MR) is 84.2 cm³/mol. The first-order valence-electron chi connectivity index (χ1n) is 8.04. The second-order valence-electron chi connectivity index (χ2n) is 5.43. The van der Waals surface area contributed by atoms with Gasteiger partial charge in [-0.1, -0.05) is 13.8 Å². The fraction of sp³-hybridized carbons (Fsp3) is 0.800. The van der Waals surface area contributed by atoms with Gasteiger partial charge in [-0.3, -0.25) is 14.4 Å². The molecule has 0 aromatic carbocycles. The van der Waals surface area contributed by atoms with Crippen LogP contribution in [0.15, 0.2) is 0 Å². The van der Waals surface area contributed by atoms with Crippen LogP contribution in [0.4, 0.5) is 0 Å². The molecule has 1 heterocycles. The summed E-state index contributed by atoms with van der Waals surface area (Å²) >= 11 is 0. The van der Waals surface area contributed by atoms with Gasteiger partial charge in [0.2, 0.25) is 5.91 Å². The van der Waals surface area contributed by atoms with Gasteiger partial charge in [-0.15, -0.1) is 0 Å². The minimum atomic E-state index is -0.546. The van der Waals surface area contributed by atoms with Crippen molar-refractivity contribution in [2.24, 2.45) is 0 Å². The van der Waals surface area contributed by atoms with Crippen LogP contribution in [0.3, 0.4) is 0 Å². The van der Waals surface area contributed by atoms with E-state index < -0.39 is 11.8 Å².